The topological polar surface area (TPSA) is 18.5 Å². The fourth-order valence-electron chi connectivity index (χ4n) is 1.41. The van der Waals surface area contributed by atoms with E-state index in [9.17, 15) is 22.0 Å². The summed E-state index contributed by atoms with van der Waals surface area (Å²) in [6.45, 7) is -3.11. The molecule has 0 amide bonds. The van der Waals surface area contributed by atoms with E-state index in [0.717, 1.165) is 12.1 Å². The number of benzene rings is 1. The zero-order chi connectivity index (χ0) is 14.5. The standard InChI is InChI=1S/C11H10BrF5O2/c12-3-1-2-7-4-8(18-10(13)14)6-9(5-7)19-11(15,16)17/h4-6,10H,1-3H2. The molecule has 0 saturated heterocycles. The molecule has 1 rings (SSSR count). The van der Waals surface area contributed by atoms with Gasteiger partial charge in [0.25, 0.3) is 0 Å². The third-order valence-corrected chi connectivity index (χ3v) is 2.56. The minimum atomic E-state index is -4.88. The first-order chi connectivity index (χ1) is 8.80. The fourth-order valence-corrected chi connectivity index (χ4v) is 1.69. The van der Waals surface area contributed by atoms with E-state index < -0.39 is 18.7 Å². The molecule has 0 spiro atoms. The van der Waals surface area contributed by atoms with E-state index in [4.69, 9.17) is 0 Å². The molecule has 8 heteroatoms. The van der Waals surface area contributed by atoms with Crippen molar-refractivity contribution in [1.29, 1.82) is 0 Å². The predicted octanol–water partition coefficient (Wildman–Crippen LogP) is 4.51. The van der Waals surface area contributed by atoms with E-state index in [1.54, 1.807) is 0 Å². The first-order valence-corrected chi connectivity index (χ1v) is 6.33. The third kappa shape index (κ3) is 6.60. The summed E-state index contributed by atoms with van der Waals surface area (Å²) in [6.07, 6.45) is -3.82. The number of ether oxygens (including phenoxy) is 2. The maximum absolute atomic E-state index is 12.1. The van der Waals surface area contributed by atoms with Crippen molar-refractivity contribution in [2.24, 2.45) is 0 Å². The summed E-state index contributed by atoms with van der Waals surface area (Å²) in [4.78, 5) is 0. The highest BCUT2D eigenvalue weighted by Gasteiger charge is 2.31. The molecule has 0 aliphatic heterocycles. The summed E-state index contributed by atoms with van der Waals surface area (Å²) in [6, 6.07) is 3.18. The van der Waals surface area contributed by atoms with Crippen LogP contribution in [0.15, 0.2) is 18.2 Å². The van der Waals surface area contributed by atoms with Gasteiger partial charge in [-0.25, -0.2) is 0 Å². The zero-order valence-electron chi connectivity index (χ0n) is 9.52. The van der Waals surface area contributed by atoms with Crippen molar-refractivity contribution in [2.45, 2.75) is 25.8 Å². The van der Waals surface area contributed by atoms with Gasteiger partial charge in [-0.2, -0.15) is 8.78 Å². The van der Waals surface area contributed by atoms with E-state index in [2.05, 4.69) is 25.4 Å². The molecule has 108 valence electrons. The van der Waals surface area contributed by atoms with E-state index in [1.807, 2.05) is 0 Å². The number of halogens is 6. The second-order valence-corrected chi connectivity index (χ2v) is 4.32. The van der Waals surface area contributed by atoms with Crippen molar-refractivity contribution in [3.8, 4) is 11.5 Å². The van der Waals surface area contributed by atoms with E-state index >= 15 is 0 Å². The van der Waals surface area contributed by atoms with Gasteiger partial charge in [-0.1, -0.05) is 15.9 Å². The number of hydrogen-bond acceptors (Lipinski definition) is 2. The van der Waals surface area contributed by atoms with Gasteiger partial charge >= 0.3 is 13.0 Å². The maximum atomic E-state index is 12.1. The zero-order valence-corrected chi connectivity index (χ0v) is 11.1. The molecular formula is C11H10BrF5O2. The van der Waals surface area contributed by atoms with Crippen LogP contribution in [0.4, 0.5) is 22.0 Å². The average molecular weight is 349 g/mol. The minimum Gasteiger partial charge on any atom is -0.435 e. The Labute approximate surface area is 114 Å². The summed E-state index contributed by atoms with van der Waals surface area (Å²) in [5.74, 6) is -0.934. The van der Waals surface area contributed by atoms with Crippen molar-refractivity contribution < 1.29 is 31.4 Å². The second-order valence-electron chi connectivity index (χ2n) is 3.53. The summed E-state index contributed by atoms with van der Waals surface area (Å²) in [7, 11) is 0. The lowest BCUT2D eigenvalue weighted by atomic mass is 10.1. The Bertz CT molecular complexity index is 409. The monoisotopic (exact) mass is 348 g/mol. The molecule has 0 unspecified atom stereocenters. The molecule has 1 aromatic carbocycles. The summed E-state index contributed by atoms with van der Waals surface area (Å²) in [5, 5.41) is 0.641. The van der Waals surface area contributed by atoms with Crippen molar-refractivity contribution >= 4 is 15.9 Å². The van der Waals surface area contributed by atoms with E-state index in [-0.39, 0.29) is 5.75 Å². The Balaban J connectivity index is 2.94. The molecule has 0 bridgehead atoms. The van der Waals surface area contributed by atoms with Gasteiger partial charge in [-0.05, 0) is 30.5 Å². The number of aryl methyl sites for hydroxylation is 1. The molecule has 0 N–H and O–H groups in total. The quantitative estimate of drug-likeness (QED) is 0.556. The van der Waals surface area contributed by atoms with Gasteiger partial charge in [0, 0.05) is 11.4 Å². The minimum absolute atomic E-state index is 0.360. The van der Waals surface area contributed by atoms with Crippen LogP contribution in [-0.4, -0.2) is 18.3 Å². The lowest BCUT2D eigenvalue weighted by Gasteiger charge is -2.13. The van der Waals surface area contributed by atoms with Crippen LogP contribution in [0.5, 0.6) is 11.5 Å². The highest BCUT2D eigenvalue weighted by Crippen LogP contribution is 2.29. The van der Waals surface area contributed by atoms with Gasteiger partial charge in [0.2, 0.25) is 0 Å². The Morgan fingerprint density at radius 2 is 1.74 bits per heavy atom. The van der Waals surface area contributed by atoms with Crippen LogP contribution in [-0.2, 0) is 6.42 Å². The summed E-state index contributed by atoms with van der Waals surface area (Å²) >= 11 is 3.17. The van der Waals surface area contributed by atoms with Crippen LogP contribution in [0.2, 0.25) is 0 Å². The summed E-state index contributed by atoms with van der Waals surface area (Å²) < 4.78 is 68.3. The van der Waals surface area contributed by atoms with Gasteiger partial charge in [0.05, 0.1) is 0 Å². The first-order valence-electron chi connectivity index (χ1n) is 5.20. The van der Waals surface area contributed by atoms with Crippen LogP contribution in [0, 0.1) is 0 Å². The third-order valence-electron chi connectivity index (χ3n) is 2.00. The van der Waals surface area contributed by atoms with Crippen LogP contribution < -0.4 is 9.47 Å². The van der Waals surface area contributed by atoms with E-state index in [1.165, 1.54) is 6.07 Å². The molecule has 0 saturated carbocycles. The maximum Gasteiger partial charge on any atom is 0.573 e. The fraction of sp³-hybridized carbons (Fsp3) is 0.455. The molecule has 19 heavy (non-hydrogen) atoms. The second kappa shape index (κ2) is 6.93. The van der Waals surface area contributed by atoms with Crippen LogP contribution in [0.1, 0.15) is 12.0 Å². The molecule has 0 aromatic heterocycles. The van der Waals surface area contributed by atoms with Crippen LogP contribution >= 0.6 is 15.9 Å². The smallest absolute Gasteiger partial charge is 0.435 e. The highest BCUT2D eigenvalue weighted by molar-refractivity contribution is 9.09. The predicted molar refractivity (Wildman–Crippen MR) is 61.9 cm³/mol. The van der Waals surface area contributed by atoms with Gasteiger partial charge in [-0.3, -0.25) is 0 Å². The Kier molecular flexibility index (Phi) is 5.84. The SMILES string of the molecule is FC(F)Oc1cc(CCCBr)cc(OC(F)(F)F)c1. The lowest BCUT2D eigenvalue weighted by molar-refractivity contribution is -0.274. The first kappa shape index (κ1) is 16.0. The van der Waals surface area contributed by atoms with Crippen molar-refractivity contribution in [3.63, 3.8) is 0 Å². The lowest BCUT2D eigenvalue weighted by Crippen LogP contribution is -2.17. The Morgan fingerprint density at radius 3 is 2.26 bits per heavy atom. The number of hydrogen-bond donors (Lipinski definition) is 0. The average Bonchev–Trinajstić information content (AvgIpc) is 2.22. The number of alkyl halides is 6. The van der Waals surface area contributed by atoms with Crippen LogP contribution in [0.3, 0.4) is 0 Å². The molecule has 0 heterocycles. The van der Waals surface area contributed by atoms with Gasteiger partial charge < -0.3 is 9.47 Å². The normalized spacial score (nSPS) is 11.7. The van der Waals surface area contributed by atoms with Gasteiger partial charge in [0.15, 0.2) is 0 Å². The summed E-state index contributed by atoms with van der Waals surface area (Å²) in [5.41, 5.74) is 0.428. The van der Waals surface area contributed by atoms with Crippen molar-refractivity contribution in [3.05, 3.63) is 23.8 Å². The van der Waals surface area contributed by atoms with Crippen molar-refractivity contribution in [2.75, 3.05) is 5.33 Å². The molecule has 0 atom stereocenters. The van der Waals surface area contributed by atoms with Crippen LogP contribution in [0.25, 0.3) is 0 Å². The highest BCUT2D eigenvalue weighted by atomic mass is 79.9. The Morgan fingerprint density at radius 1 is 1.11 bits per heavy atom. The van der Waals surface area contributed by atoms with Gasteiger partial charge in [0.1, 0.15) is 11.5 Å². The van der Waals surface area contributed by atoms with E-state index in [0.29, 0.717) is 23.7 Å². The molecule has 0 aliphatic carbocycles. The molecule has 2 nitrogen and oxygen atoms in total. The molecule has 0 fully saturated rings. The number of rotatable bonds is 6. The Hall–Kier alpha value is -1.05. The molecule has 0 aliphatic rings. The van der Waals surface area contributed by atoms with Crippen molar-refractivity contribution in [1.82, 2.24) is 0 Å². The molecule has 0 radical (unpaired) electrons. The van der Waals surface area contributed by atoms with Gasteiger partial charge in [-0.15, -0.1) is 13.2 Å². The molecular weight excluding hydrogens is 339 g/mol. The molecule has 1 aromatic rings. The largest absolute Gasteiger partial charge is 0.573 e.